The Bertz CT molecular complexity index is 951. The van der Waals surface area contributed by atoms with E-state index in [1.54, 1.807) is 0 Å². The average molecular weight is 456 g/mol. The summed E-state index contributed by atoms with van der Waals surface area (Å²) in [5.74, 6) is 3.82. The van der Waals surface area contributed by atoms with Gasteiger partial charge in [0.2, 0.25) is 0 Å². The van der Waals surface area contributed by atoms with Gasteiger partial charge in [-0.15, -0.1) is 11.8 Å². The van der Waals surface area contributed by atoms with Gasteiger partial charge in [-0.05, 0) is 86.8 Å². The molecule has 2 atom stereocenters. The summed E-state index contributed by atoms with van der Waals surface area (Å²) >= 11 is 2.00. The van der Waals surface area contributed by atoms with Crippen molar-refractivity contribution in [2.24, 2.45) is 5.92 Å². The molecule has 0 saturated carbocycles. The molecule has 2 aromatic rings. The predicted molar refractivity (Wildman–Crippen MR) is 133 cm³/mol. The Morgan fingerprint density at radius 1 is 1.16 bits per heavy atom. The summed E-state index contributed by atoms with van der Waals surface area (Å²) in [5.41, 5.74) is 5.06. The molecule has 0 bridgehead atoms. The number of nitrogens with one attached hydrogen (secondary N) is 1. The Hall–Kier alpha value is -1.85. The van der Waals surface area contributed by atoms with Crippen molar-refractivity contribution in [3.05, 3.63) is 52.1 Å². The maximum atomic E-state index is 10.5. The molecule has 0 aliphatic carbocycles. The molecule has 0 spiro atoms. The van der Waals surface area contributed by atoms with Gasteiger partial charge in [0.1, 0.15) is 29.5 Å². The standard InChI is InChI=1S/C27H37NO3S/c1-17(2)13-27(11-10-24-20(5)25(29)18(3)19(4)26(24)31-27)15-30-22-8-6-21(7-9-22)12-23-14-28-16-32-23/h6-9,17,23,28-29H,10-16H2,1-5H3. The summed E-state index contributed by atoms with van der Waals surface area (Å²) in [5, 5.41) is 14.6. The van der Waals surface area contributed by atoms with E-state index in [0.29, 0.717) is 23.5 Å². The molecule has 2 unspecified atom stereocenters. The van der Waals surface area contributed by atoms with Gasteiger partial charge in [-0.3, -0.25) is 0 Å². The van der Waals surface area contributed by atoms with E-state index >= 15 is 0 Å². The summed E-state index contributed by atoms with van der Waals surface area (Å²) in [6.07, 6.45) is 3.83. The van der Waals surface area contributed by atoms with Crippen LogP contribution < -0.4 is 14.8 Å². The number of phenols is 1. The van der Waals surface area contributed by atoms with Crippen molar-refractivity contribution in [1.82, 2.24) is 5.32 Å². The van der Waals surface area contributed by atoms with Gasteiger partial charge in [0.25, 0.3) is 0 Å². The average Bonchev–Trinajstić information content (AvgIpc) is 3.28. The molecular weight excluding hydrogens is 418 g/mol. The van der Waals surface area contributed by atoms with Crippen LogP contribution in [-0.2, 0) is 12.8 Å². The summed E-state index contributed by atoms with van der Waals surface area (Å²) in [6, 6.07) is 8.58. The van der Waals surface area contributed by atoms with Crippen LogP contribution in [0, 0.1) is 26.7 Å². The van der Waals surface area contributed by atoms with Crippen LogP contribution in [0.15, 0.2) is 24.3 Å². The molecule has 2 N–H and O–H groups in total. The summed E-state index contributed by atoms with van der Waals surface area (Å²) in [4.78, 5) is 0. The van der Waals surface area contributed by atoms with Crippen molar-refractivity contribution in [2.75, 3.05) is 19.0 Å². The highest BCUT2D eigenvalue weighted by Gasteiger charge is 2.40. The minimum Gasteiger partial charge on any atom is -0.507 e. The molecule has 32 heavy (non-hydrogen) atoms. The number of fused-ring (bicyclic) bond motifs is 1. The van der Waals surface area contributed by atoms with Crippen molar-refractivity contribution < 1.29 is 14.6 Å². The lowest BCUT2D eigenvalue weighted by atomic mass is 9.82. The van der Waals surface area contributed by atoms with Crippen molar-refractivity contribution in [1.29, 1.82) is 0 Å². The molecule has 2 aromatic carbocycles. The first-order chi connectivity index (χ1) is 15.3. The topological polar surface area (TPSA) is 50.7 Å². The van der Waals surface area contributed by atoms with Crippen molar-refractivity contribution in [2.45, 2.75) is 71.2 Å². The van der Waals surface area contributed by atoms with E-state index in [1.807, 2.05) is 25.6 Å². The lowest BCUT2D eigenvalue weighted by molar-refractivity contribution is -0.0155. The molecule has 1 saturated heterocycles. The Morgan fingerprint density at radius 3 is 2.56 bits per heavy atom. The number of ether oxygens (including phenoxy) is 2. The first-order valence-electron chi connectivity index (χ1n) is 11.8. The van der Waals surface area contributed by atoms with Crippen molar-refractivity contribution in [3.63, 3.8) is 0 Å². The van der Waals surface area contributed by atoms with E-state index < -0.39 is 0 Å². The zero-order valence-electron chi connectivity index (χ0n) is 20.1. The fraction of sp³-hybridized carbons (Fsp3) is 0.556. The zero-order chi connectivity index (χ0) is 22.9. The minimum absolute atomic E-state index is 0.355. The second-order valence-electron chi connectivity index (χ2n) is 9.94. The normalized spacial score (nSPS) is 22.6. The number of benzene rings is 2. The van der Waals surface area contributed by atoms with Gasteiger partial charge in [-0.1, -0.05) is 26.0 Å². The maximum Gasteiger partial charge on any atom is 0.143 e. The Morgan fingerprint density at radius 2 is 1.91 bits per heavy atom. The third-order valence-electron chi connectivity index (χ3n) is 6.95. The molecule has 0 radical (unpaired) electrons. The fourth-order valence-corrected chi connectivity index (χ4v) is 6.08. The zero-order valence-corrected chi connectivity index (χ0v) is 20.9. The van der Waals surface area contributed by atoms with Gasteiger partial charge < -0.3 is 19.9 Å². The van der Waals surface area contributed by atoms with E-state index in [4.69, 9.17) is 9.47 Å². The molecular formula is C27H37NO3S. The predicted octanol–water partition coefficient (Wildman–Crippen LogP) is 5.71. The molecule has 2 aliphatic rings. The number of rotatable bonds is 7. The molecule has 1 fully saturated rings. The van der Waals surface area contributed by atoms with Crippen LogP contribution >= 0.6 is 11.8 Å². The molecule has 5 heteroatoms. The lowest BCUT2D eigenvalue weighted by Crippen LogP contribution is -2.46. The molecule has 4 nitrogen and oxygen atoms in total. The van der Waals surface area contributed by atoms with Crippen LogP contribution in [0.4, 0.5) is 0 Å². The number of phenolic OH excluding ortho intramolecular Hbond substituents is 1. The number of aromatic hydroxyl groups is 1. The van der Waals surface area contributed by atoms with E-state index in [-0.39, 0.29) is 5.60 Å². The summed E-state index contributed by atoms with van der Waals surface area (Å²) in [6.45, 7) is 12.1. The Kier molecular flexibility index (Phi) is 6.97. The van der Waals surface area contributed by atoms with Gasteiger partial charge >= 0.3 is 0 Å². The SMILES string of the molecule is Cc1c(C)c2c(c(C)c1O)CCC(COc1ccc(CC3CNCS3)cc1)(CC(C)C)O2. The third kappa shape index (κ3) is 4.89. The molecule has 4 rings (SSSR count). The third-order valence-corrected chi connectivity index (χ3v) is 8.13. The smallest absolute Gasteiger partial charge is 0.143 e. The van der Waals surface area contributed by atoms with Gasteiger partial charge in [-0.25, -0.2) is 0 Å². The van der Waals surface area contributed by atoms with E-state index in [0.717, 1.165) is 71.9 Å². The van der Waals surface area contributed by atoms with Gasteiger partial charge in [-0.2, -0.15) is 0 Å². The second-order valence-corrected chi connectivity index (χ2v) is 11.2. The minimum atomic E-state index is -0.355. The van der Waals surface area contributed by atoms with Gasteiger partial charge in [0, 0.05) is 23.2 Å². The molecule has 0 amide bonds. The molecule has 2 aliphatic heterocycles. The van der Waals surface area contributed by atoms with Gasteiger partial charge in [0.05, 0.1) is 0 Å². The number of hydrogen-bond acceptors (Lipinski definition) is 5. The van der Waals surface area contributed by atoms with Crippen LogP contribution in [-0.4, -0.2) is 35.0 Å². The van der Waals surface area contributed by atoms with Crippen molar-refractivity contribution in [3.8, 4) is 17.2 Å². The monoisotopic (exact) mass is 455 g/mol. The largest absolute Gasteiger partial charge is 0.507 e. The molecule has 0 aromatic heterocycles. The first kappa shape index (κ1) is 23.3. The molecule has 2 heterocycles. The van der Waals surface area contributed by atoms with Crippen LogP contribution in [0.2, 0.25) is 0 Å². The van der Waals surface area contributed by atoms with Gasteiger partial charge in [0.15, 0.2) is 0 Å². The highest BCUT2D eigenvalue weighted by Crippen LogP contribution is 2.45. The summed E-state index contributed by atoms with van der Waals surface area (Å²) < 4.78 is 13.1. The van der Waals surface area contributed by atoms with Crippen LogP contribution in [0.1, 0.15) is 54.5 Å². The van der Waals surface area contributed by atoms with Crippen LogP contribution in [0.5, 0.6) is 17.2 Å². The van der Waals surface area contributed by atoms with Crippen molar-refractivity contribution >= 4 is 11.8 Å². The first-order valence-corrected chi connectivity index (χ1v) is 12.9. The number of thioether (sulfide) groups is 1. The second kappa shape index (κ2) is 9.56. The summed E-state index contributed by atoms with van der Waals surface area (Å²) in [7, 11) is 0. The maximum absolute atomic E-state index is 10.5. The van der Waals surface area contributed by atoms with Crippen LogP contribution in [0.3, 0.4) is 0 Å². The molecule has 174 valence electrons. The van der Waals surface area contributed by atoms with E-state index in [9.17, 15) is 5.11 Å². The highest BCUT2D eigenvalue weighted by molar-refractivity contribution is 8.00. The quantitative estimate of drug-likeness (QED) is 0.560. The lowest BCUT2D eigenvalue weighted by Gasteiger charge is -2.41. The fourth-order valence-electron chi connectivity index (χ4n) is 5.06. The van der Waals surface area contributed by atoms with E-state index in [1.165, 1.54) is 5.56 Å². The van der Waals surface area contributed by atoms with E-state index in [2.05, 4.69) is 50.4 Å². The number of hydrogen-bond donors (Lipinski definition) is 2. The van der Waals surface area contributed by atoms with Crippen LogP contribution in [0.25, 0.3) is 0 Å². The Labute approximate surface area is 197 Å². The Balaban J connectivity index is 1.50. The highest BCUT2D eigenvalue weighted by atomic mass is 32.2.